The first-order valence-corrected chi connectivity index (χ1v) is 10.3. The Morgan fingerprint density at radius 1 is 0.643 bits per heavy atom. The van der Waals surface area contributed by atoms with Crippen LogP contribution in [-0.2, 0) is 5.60 Å². The smallest absolute Gasteiger partial charge is 0.143 e. The predicted molar refractivity (Wildman–Crippen MR) is 116 cm³/mol. The van der Waals surface area contributed by atoms with Gasteiger partial charge in [0, 0.05) is 31.5 Å². The first-order chi connectivity index (χ1) is 13.7. The molecule has 0 spiro atoms. The minimum atomic E-state index is -1.26. The van der Waals surface area contributed by atoms with Crippen LogP contribution in [0.5, 0.6) is 0 Å². The molecule has 0 fully saturated rings. The van der Waals surface area contributed by atoms with E-state index in [0.29, 0.717) is 5.02 Å². The molecule has 1 heterocycles. The highest BCUT2D eigenvalue weighted by Gasteiger charge is 2.42. The Balaban J connectivity index is 1.84. The van der Waals surface area contributed by atoms with Crippen LogP contribution in [0.3, 0.4) is 0 Å². The van der Waals surface area contributed by atoms with Gasteiger partial charge in [-0.1, -0.05) is 102 Å². The van der Waals surface area contributed by atoms with Crippen LogP contribution in [-0.4, -0.2) is 5.11 Å². The van der Waals surface area contributed by atoms with Gasteiger partial charge in [0.2, 0.25) is 0 Å². The lowest BCUT2D eigenvalue weighted by atomic mass is 9.77. The van der Waals surface area contributed by atoms with Crippen molar-refractivity contribution in [3.8, 4) is 11.1 Å². The zero-order chi connectivity index (χ0) is 19.1. The fourth-order valence-electron chi connectivity index (χ4n) is 3.96. The van der Waals surface area contributed by atoms with E-state index in [1.165, 1.54) is 0 Å². The van der Waals surface area contributed by atoms with Gasteiger partial charge >= 0.3 is 0 Å². The first-order valence-electron chi connectivity index (χ1n) is 9.12. The van der Waals surface area contributed by atoms with Crippen LogP contribution in [0.1, 0.15) is 16.7 Å². The lowest BCUT2D eigenvalue weighted by molar-refractivity contribution is 0.119. The number of benzene rings is 4. The molecule has 3 heteroatoms. The van der Waals surface area contributed by atoms with Crippen LogP contribution >= 0.6 is 23.4 Å². The van der Waals surface area contributed by atoms with Crippen molar-refractivity contribution in [2.75, 3.05) is 0 Å². The highest BCUT2D eigenvalue weighted by atomic mass is 35.5. The summed E-state index contributed by atoms with van der Waals surface area (Å²) in [4.78, 5) is 2.03. The van der Waals surface area contributed by atoms with Crippen molar-refractivity contribution in [1.82, 2.24) is 0 Å². The molecule has 0 saturated carbocycles. The van der Waals surface area contributed by atoms with Gasteiger partial charge in [0.25, 0.3) is 0 Å². The molecule has 0 saturated heterocycles. The Hall–Kier alpha value is -2.52. The van der Waals surface area contributed by atoms with E-state index in [4.69, 9.17) is 11.6 Å². The standard InChI is InChI=1S/C25H17ClOS/c26-18-14-15-22-24(16-18)28-23-13-7-6-12-21(23)25(22,27)20-11-5-4-10-19(20)17-8-2-1-3-9-17/h1-16,27H. The average Bonchev–Trinajstić information content (AvgIpc) is 2.74. The summed E-state index contributed by atoms with van der Waals surface area (Å²) >= 11 is 7.93. The monoisotopic (exact) mass is 400 g/mol. The molecule has 136 valence electrons. The van der Waals surface area contributed by atoms with Crippen molar-refractivity contribution in [3.63, 3.8) is 0 Å². The fraction of sp³-hybridized carbons (Fsp3) is 0.0400. The molecule has 1 N–H and O–H groups in total. The molecule has 1 aliphatic rings. The van der Waals surface area contributed by atoms with Gasteiger partial charge in [0.1, 0.15) is 5.60 Å². The quantitative estimate of drug-likeness (QED) is 0.401. The number of rotatable bonds is 2. The van der Waals surface area contributed by atoms with E-state index in [0.717, 1.165) is 37.6 Å². The highest BCUT2D eigenvalue weighted by molar-refractivity contribution is 7.99. The van der Waals surface area contributed by atoms with E-state index >= 15 is 0 Å². The maximum Gasteiger partial charge on any atom is 0.143 e. The van der Waals surface area contributed by atoms with E-state index in [1.54, 1.807) is 11.8 Å². The summed E-state index contributed by atoms with van der Waals surface area (Å²) in [6.45, 7) is 0. The molecule has 0 aliphatic carbocycles. The van der Waals surface area contributed by atoms with Gasteiger partial charge < -0.3 is 5.11 Å². The number of aliphatic hydroxyl groups is 1. The molecule has 0 radical (unpaired) electrons. The molecule has 4 aromatic carbocycles. The minimum Gasteiger partial charge on any atom is -0.376 e. The molecular weight excluding hydrogens is 384 g/mol. The molecule has 1 aliphatic heterocycles. The van der Waals surface area contributed by atoms with E-state index in [1.807, 2.05) is 72.8 Å². The third kappa shape index (κ3) is 2.68. The molecule has 1 nitrogen and oxygen atoms in total. The Kier molecular flexibility index (Phi) is 4.28. The summed E-state index contributed by atoms with van der Waals surface area (Å²) in [5, 5.41) is 13.0. The summed E-state index contributed by atoms with van der Waals surface area (Å²) in [5.74, 6) is 0. The van der Waals surface area contributed by atoms with Crippen LogP contribution in [0.4, 0.5) is 0 Å². The van der Waals surface area contributed by atoms with Gasteiger partial charge in [-0.15, -0.1) is 0 Å². The fourth-order valence-corrected chi connectivity index (χ4v) is 5.41. The van der Waals surface area contributed by atoms with Crippen LogP contribution in [0.2, 0.25) is 5.02 Å². The second-order valence-electron chi connectivity index (χ2n) is 6.86. The molecule has 4 aromatic rings. The maximum absolute atomic E-state index is 12.3. The average molecular weight is 401 g/mol. The Morgan fingerprint density at radius 2 is 1.29 bits per heavy atom. The van der Waals surface area contributed by atoms with Crippen LogP contribution in [0.25, 0.3) is 11.1 Å². The maximum atomic E-state index is 12.3. The Labute approximate surface area is 173 Å². The third-order valence-corrected chi connectivity index (χ3v) is 6.60. The van der Waals surface area contributed by atoms with Crippen LogP contribution in [0.15, 0.2) is 107 Å². The molecule has 0 amide bonds. The van der Waals surface area contributed by atoms with Gasteiger partial charge in [0.15, 0.2) is 0 Å². The van der Waals surface area contributed by atoms with Gasteiger partial charge in [-0.3, -0.25) is 0 Å². The van der Waals surface area contributed by atoms with Crippen LogP contribution in [0, 0.1) is 0 Å². The number of hydrogen-bond acceptors (Lipinski definition) is 2. The molecule has 0 bridgehead atoms. The van der Waals surface area contributed by atoms with Crippen LogP contribution < -0.4 is 0 Å². The van der Waals surface area contributed by atoms with Gasteiger partial charge in [-0.2, -0.15) is 0 Å². The number of halogens is 1. The highest BCUT2D eigenvalue weighted by Crippen LogP contribution is 2.53. The second kappa shape index (κ2) is 6.82. The van der Waals surface area contributed by atoms with E-state index in [-0.39, 0.29) is 0 Å². The topological polar surface area (TPSA) is 20.2 Å². The summed E-state index contributed by atoms with van der Waals surface area (Å²) in [7, 11) is 0. The van der Waals surface area contributed by atoms with Crippen molar-refractivity contribution in [3.05, 3.63) is 119 Å². The first kappa shape index (κ1) is 17.6. The van der Waals surface area contributed by atoms with E-state index in [2.05, 4.69) is 24.3 Å². The number of fused-ring (bicyclic) bond motifs is 2. The zero-order valence-electron chi connectivity index (χ0n) is 15.0. The zero-order valence-corrected chi connectivity index (χ0v) is 16.5. The predicted octanol–water partition coefficient (Wildman–Crippen LogP) is 6.76. The molecule has 1 unspecified atom stereocenters. The SMILES string of the molecule is OC1(c2ccccc2-c2ccccc2)c2ccccc2Sc2cc(Cl)ccc21. The third-order valence-electron chi connectivity index (χ3n) is 5.23. The lowest BCUT2D eigenvalue weighted by Gasteiger charge is -2.37. The van der Waals surface area contributed by atoms with Crippen molar-refractivity contribution in [2.45, 2.75) is 15.4 Å². The lowest BCUT2D eigenvalue weighted by Crippen LogP contribution is -2.32. The molecule has 1 atom stereocenters. The second-order valence-corrected chi connectivity index (χ2v) is 8.38. The van der Waals surface area contributed by atoms with Gasteiger partial charge in [0.05, 0.1) is 0 Å². The number of hydrogen-bond donors (Lipinski definition) is 1. The van der Waals surface area contributed by atoms with E-state index in [9.17, 15) is 5.11 Å². The molecular formula is C25H17ClOS. The normalized spacial score (nSPS) is 17.6. The molecule has 5 rings (SSSR count). The van der Waals surface area contributed by atoms with Crippen molar-refractivity contribution in [1.29, 1.82) is 0 Å². The minimum absolute atomic E-state index is 0.671. The van der Waals surface area contributed by atoms with Crippen molar-refractivity contribution in [2.24, 2.45) is 0 Å². The molecule has 28 heavy (non-hydrogen) atoms. The van der Waals surface area contributed by atoms with Crippen molar-refractivity contribution < 1.29 is 5.11 Å². The van der Waals surface area contributed by atoms with E-state index < -0.39 is 5.60 Å². The van der Waals surface area contributed by atoms with Gasteiger partial charge in [-0.05, 0) is 29.3 Å². The van der Waals surface area contributed by atoms with Gasteiger partial charge in [-0.25, -0.2) is 0 Å². The molecule has 0 aromatic heterocycles. The largest absolute Gasteiger partial charge is 0.376 e. The summed E-state index contributed by atoms with van der Waals surface area (Å²) in [6, 6.07) is 32.1. The summed E-state index contributed by atoms with van der Waals surface area (Å²) in [6.07, 6.45) is 0. The summed E-state index contributed by atoms with van der Waals surface area (Å²) in [5.41, 5.74) is 3.49. The van der Waals surface area contributed by atoms with Crippen molar-refractivity contribution >= 4 is 23.4 Å². The summed E-state index contributed by atoms with van der Waals surface area (Å²) < 4.78 is 0. The Bertz CT molecular complexity index is 1170. The Morgan fingerprint density at radius 3 is 2.11 bits per heavy atom.